The van der Waals surface area contributed by atoms with E-state index >= 15 is 0 Å². The number of carboxylic acid groups (broad SMARTS) is 1. The summed E-state index contributed by atoms with van der Waals surface area (Å²) in [6.07, 6.45) is 0. The summed E-state index contributed by atoms with van der Waals surface area (Å²) in [6, 6.07) is -0.866. The molecule has 0 saturated carbocycles. The van der Waals surface area contributed by atoms with Crippen LogP contribution >= 0.6 is 0 Å². The van der Waals surface area contributed by atoms with E-state index in [4.69, 9.17) is 10.8 Å². The van der Waals surface area contributed by atoms with Crippen molar-refractivity contribution < 1.29 is 29.4 Å². The molecule has 3 nitrogen and oxygen atoms in total. The monoisotopic (exact) mass is 184 g/mol. The molecule has 0 amide bonds. The predicted octanol–water partition coefficient (Wildman–Crippen LogP) is -1.06. The fourth-order valence-electron chi connectivity index (χ4n) is 0.0713. The third-order valence-corrected chi connectivity index (χ3v) is 0.856. The first-order valence-electron chi connectivity index (χ1n) is 1.75. The van der Waals surface area contributed by atoms with Gasteiger partial charge in [-0.05, 0) is 0 Å². The van der Waals surface area contributed by atoms with Gasteiger partial charge in [-0.2, -0.15) is 5.75 Å². The Morgan fingerprint density at radius 1 is 1.88 bits per heavy atom. The first kappa shape index (κ1) is 11.2. The molecule has 0 spiro atoms. The van der Waals surface area contributed by atoms with Gasteiger partial charge < -0.3 is 23.5 Å². The van der Waals surface area contributed by atoms with Gasteiger partial charge >= 0.3 is 5.97 Å². The van der Waals surface area contributed by atoms with Crippen molar-refractivity contribution in [2.24, 2.45) is 5.73 Å². The summed E-state index contributed by atoms with van der Waals surface area (Å²) < 4.78 is 0. The molecule has 5 heteroatoms. The second kappa shape index (κ2) is 5.54. The smallest absolute Gasteiger partial charge is 0.318 e. The molecule has 0 aromatic heterocycles. The van der Waals surface area contributed by atoms with Crippen LogP contribution in [-0.2, 0) is 36.9 Å². The Balaban J connectivity index is 0. The zero-order valence-corrected chi connectivity index (χ0v) is 8.12. The van der Waals surface area contributed by atoms with E-state index in [-0.39, 0.29) is 25.2 Å². The summed E-state index contributed by atoms with van der Waals surface area (Å²) in [5.74, 6) is -0.954. The third-order valence-electron chi connectivity index (χ3n) is 0.497. The van der Waals surface area contributed by atoms with Crippen molar-refractivity contribution in [3.05, 3.63) is 0 Å². The largest absolute Gasteiger partial charge is 0.791 e. The van der Waals surface area contributed by atoms with Crippen LogP contribution in [0.2, 0.25) is 0 Å². The van der Waals surface area contributed by atoms with Gasteiger partial charge in [-0.15, -0.1) is 0 Å². The maximum atomic E-state index is 9.74. The molecule has 0 aliphatic heterocycles. The van der Waals surface area contributed by atoms with Crippen molar-refractivity contribution in [1.29, 1.82) is 0 Å². The Morgan fingerprint density at radius 3 is 2.25 bits per heavy atom. The Kier molecular flexibility index (Phi) is 7.78. The molecule has 0 aromatic rings. The van der Waals surface area contributed by atoms with Crippen LogP contribution in [0, 0.1) is 0 Å². The molecule has 0 fully saturated rings. The van der Waals surface area contributed by atoms with Gasteiger partial charge in [-0.3, -0.25) is 4.79 Å². The number of hydrogen-bond acceptors (Lipinski definition) is 3. The van der Waals surface area contributed by atoms with Gasteiger partial charge in [0, 0.05) is 19.5 Å². The molecular weight excluding hydrogens is 179 g/mol. The first-order valence-corrected chi connectivity index (χ1v) is 2.32. The Bertz CT molecular complexity index is 79.7. The molecule has 0 aromatic carbocycles. The summed E-state index contributed by atoms with van der Waals surface area (Å²) in [5, 5.41) is 7.99. The first-order chi connectivity index (χ1) is 3.18. The third kappa shape index (κ3) is 4.56. The predicted molar refractivity (Wildman–Crippen MR) is 27.8 cm³/mol. The van der Waals surface area contributed by atoms with Gasteiger partial charge in [-0.25, -0.2) is 0 Å². The molecule has 0 aliphatic rings. The summed E-state index contributed by atoms with van der Waals surface area (Å²) in [6.45, 7) is 0. The van der Waals surface area contributed by atoms with Crippen LogP contribution in [0.25, 0.3) is 0 Å². The average Bonchev–Trinajstić information content (AvgIpc) is 1.65. The Hall–Kier alpha value is 0.403. The normalized spacial score (nSPS) is 11.8. The number of rotatable bonds is 2. The minimum absolute atomic E-state index is 0. The van der Waals surface area contributed by atoms with E-state index in [1.807, 2.05) is 0 Å². The van der Waals surface area contributed by atoms with Gasteiger partial charge in [0.15, 0.2) is 0 Å². The molecule has 0 radical (unpaired) electrons. The van der Waals surface area contributed by atoms with E-state index in [9.17, 15) is 4.79 Å². The standard InChI is InChI=1S/C3H7NO2S.Zn/c4-2(1-7)3(5)6;/h2,7H,1,4H2,(H,5,6);/p-1. The molecule has 0 rings (SSSR count). The van der Waals surface area contributed by atoms with Crippen molar-refractivity contribution in [3.8, 4) is 0 Å². The Labute approximate surface area is 65.8 Å². The Morgan fingerprint density at radius 2 is 2.25 bits per heavy atom. The second-order valence-corrected chi connectivity index (χ2v) is 1.44. The topological polar surface area (TPSA) is 63.3 Å². The molecule has 0 bridgehead atoms. The van der Waals surface area contributed by atoms with Crippen molar-refractivity contribution >= 4 is 18.6 Å². The molecule has 0 aliphatic carbocycles. The summed E-state index contributed by atoms with van der Waals surface area (Å²) in [4.78, 5) is 9.74. The van der Waals surface area contributed by atoms with E-state index in [2.05, 4.69) is 12.6 Å². The van der Waals surface area contributed by atoms with E-state index < -0.39 is 12.0 Å². The number of aliphatic carboxylic acids is 1. The molecule has 0 heterocycles. The van der Waals surface area contributed by atoms with Crippen molar-refractivity contribution in [2.45, 2.75) is 6.04 Å². The maximum absolute atomic E-state index is 9.74. The van der Waals surface area contributed by atoms with Crippen LogP contribution in [-0.4, -0.2) is 22.9 Å². The van der Waals surface area contributed by atoms with E-state index in [0.717, 1.165) is 0 Å². The fourth-order valence-corrected chi connectivity index (χ4v) is 0.214. The van der Waals surface area contributed by atoms with Crippen LogP contribution in [0.15, 0.2) is 0 Å². The van der Waals surface area contributed by atoms with E-state index in [0.29, 0.717) is 0 Å². The SMILES string of the molecule is NC(C[S-])C(=O)O.[Zn]. The van der Waals surface area contributed by atoms with Crippen LogP contribution in [0.3, 0.4) is 0 Å². The summed E-state index contributed by atoms with van der Waals surface area (Å²) >= 11 is 4.35. The number of carbonyl (C=O) groups is 1. The number of carboxylic acids is 1. The summed E-state index contributed by atoms with van der Waals surface area (Å²) in [5.41, 5.74) is 4.91. The number of hydrogen-bond donors (Lipinski definition) is 2. The molecular formula is C3H6NO2SZn-. The molecule has 0 saturated heterocycles. The molecule has 8 heavy (non-hydrogen) atoms. The zero-order chi connectivity index (χ0) is 5.86. The van der Waals surface area contributed by atoms with Gasteiger partial charge in [0.05, 0.1) is 6.04 Å². The van der Waals surface area contributed by atoms with Crippen molar-refractivity contribution in [2.75, 3.05) is 5.75 Å². The average molecular weight is 186 g/mol. The van der Waals surface area contributed by atoms with Crippen LogP contribution in [0.5, 0.6) is 0 Å². The minimum Gasteiger partial charge on any atom is -0.791 e. The zero-order valence-electron chi connectivity index (χ0n) is 4.33. The van der Waals surface area contributed by atoms with E-state index in [1.54, 1.807) is 0 Å². The summed E-state index contributed by atoms with van der Waals surface area (Å²) in [7, 11) is 0. The molecule has 1 unspecified atom stereocenters. The van der Waals surface area contributed by atoms with Gasteiger partial charge in [0.1, 0.15) is 0 Å². The van der Waals surface area contributed by atoms with Crippen molar-refractivity contribution in [3.63, 3.8) is 0 Å². The van der Waals surface area contributed by atoms with Gasteiger partial charge in [0.2, 0.25) is 0 Å². The van der Waals surface area contributed by atoms with Gasteiger partial charge in [-0.1, -0.05) is 0 Å². The van der Waals surface area contributed by atoms with Crippen molar-refractivity contribution in [1.82, 2.24) is 0 Å². The number of nitrogens with two attached hydrogens (primary N) is 1. The molecule has 44 valence electrons. The van der Waals surface area contributed by atoms with Gasteiger partial charge in [0.25, 0.3) is 0 Å². The maximum Gasteiger partial charge on any atom is 0.318 e. The molecule has 3 N–H and O–H groups in total. The minimum atomic E-state index is -1.03. The van der Waals surface area contributed by atoms with Crippen LogP contribution in [0.4, 0.5) is 0 Å². The second-order valence-electron chi connectivity index (χ2n) is 1.11. The fraction of sp³-hybridized carbons (Fsp3) is 0.667. The van der Waals surface area contributed by atoms with Crippen LogP contribution in [0.1, 0.15) is 0 Å². The van der Waals surface area contributed by atoms with E-state index in [1.165, 1.54) is 0 Å². The molecule has 1 atom stereocenters. The van der Waals surface area contributed by atoms with Crippen LogP contribution < -0.4 is 5.73 Å². The quantitative estimate of drug-likeness (QED) is 0.425.